The molecule has 0 aliphatic heterocycles. The lowest BCUT2D eigenvalue weighted by molar-refractivity contribution is -0.138. The molecule has 1 amide bonds. The van der Waals surface area contributed by atoms with Crippen LogP contribution in [0.5, 0.6) is 0 Å². The summed E-state index contributed by atoms with van der Waals surface area (Å²) in [6.45, 7) is 0.509. The quantitative estimate of drug-likeness (QED) is 0.810. The van der Waals surface area contributed by atoms with Crippen LogP contribution >= 0.6 is 11.3 Å². The highest BCUT2D eigenvalue weighted by Gasteiger charge is 2.09. The minimum Gasteiger partial charge on any atom is -0.481 e. The van der Waals surface area contributed by atoms with Crippen LogP contribution in [0.1, 0.15) is 24.1 Å². The van der Waals surface area contributed by atoms with Gasteiger partial charge < -0.3 is 10.0 Å². The van der Waals surface area contributed by atoms with E-state index in [9.17, 15) is 9.59 Å². The molecule has 1 rings (SSSR count). The number of hydrogen-bond donors (Lipinski definition) is 1. The van der Waals surface area contributed by atoms with E-state index in [1.165, 1.54) is 4.88 Å². The van der Waals surface area contributed by atoms with Gasteiger partial charge in [-0.15, -0.1) is 11.3 Å². The van der Waals surface area contributed by atoms with Crippen molar-refractivity contribution >= 4 is 23.2 Å². The van der Waals surface area contributed by atoms with Crippen molar-refractivity contribution in [2.24, 2.45) is 0 Å². The van der Waals surface area contributed by atoms with Crippen molar-refractivity contribution in [3.8, 4) is 0 Å². The Kier molecular flexibility index (Phi) is 5.69. The molecule has 1 heterocycles. The predicted molar refractivity (Wildman–Crippen MR) is 67.1 cm³/mol. The van der Waals surface area contributed by atoms with Gasteiger partial charge in [-0.25, -0.2) is 0 Å². The number of carbonyl (C=O) groups is 2. The van der Waals surface area contributed by atoms with Gasteiger partial charge in [-0.05, 0) is 24.3 Å². The fourth-order valence-corrected chi connectivity index (χ4v) is 2.18. The SMILES string of the molecule is CN(CCCC(=O)O)C(=O)CCc1cccs1. The number of aliphatic carboxylic acids is 1. The lowest BCUT2D eigenvalue weighted by atomic mass is 10.2. The maximum Gasteiger partial charge on any atom is 0.303 e. The Morgan fingerprint density at radius 1 is 1.41 bits per heavy atom. The standard InChI is InChI=1S/C12H17NO3S/c1-13(8-2-5-12(15)16)11(14)7-6-10-4-3-9-17-10/h3-4,9H,2,5-8H2,1H3,(H,15,16). The van der Waals surface area contributed by atoms with Crippen LogP contribution in [-0.2, 0) is 16.0 Å². The summed E-state index contributed by atoms with van der Waals surface area (Å²) in [7, 11) is 1.72. The molecule has 0 bridgehead atoms. The summed E-state index contributed by atoms with van der Waals surface area (Å²) in [5, 5.41) is 10.5. The molecule has 0 saturated heterocycles. The number of carboxylic acids is 1. The molecular formula is C12H17NO3S. The molecule has 0 saturated carbocycles. The first-order valence-corrected chi connectivity index (χ1v) is 6.45. The Balaban J connectivity index is 2.20. The van der Waals surface area contributed by atoms with Crippen LogP contribution in [-0.4, -0.2) is 35.5 Å². The Morgan fingerprint density at radius 2 is 2.18 bits per heavy atom. The largest absolute Gasteiger partial charge is 0.481 e. The maximum atomic E-state index is 11.7. The van der Waals surface area contributed by atoms with Gasteiger partial charge in [0, 0.05) is 31.3 Å². The molecule has 1 aromatic heterocycles. The Bertz CT molecular complexity index is 362. The van der Waals surface area contributed by atoms with Gasteiger partial charge in [0.15, 0.2) is 0 Å². The third-order valence-corrected chi connectivity index (χ3v) is 3.41. The molecule has 94 valence electrons. The zero-order chi connectivity index (χ0) is 12.7. The van der Waals surface area contributed by atoms with E-state index in [1.807, 2.05) is 17.5 Å². The molecule has 0 fully saturated rings. The fourth-order valence-electron chi connectivity index (χ4n) is 1.47. The lowest BCUT2D eigenvalue weighted by Gasteiger charge is -2.16. The minimum atomic E-state index is -0.815. The van der Waals surface area contributed by atoms with Gasteiger partial charge in [0.25, 0.3) is 0 Å². The molecule has 5 heteroatoms. The van der Waals surface area contributed by atoms with E-state index in [2.05, 4.69) is 0 Å². The van der Waals surface area contributed by atoms with Crippen molar-refractivity contribution in [1.82, 2.24) is 4.90 Å². The number of amides is 1. The molecule has 0 spiro atoms. The smallest absolute Gasteiger partial charge is 0.303 e. The molecule has 17 heavy (non-hydrogen) atoms. The van der Waals surface area contributed by atoms with Crippen molar-refractivity contribution in [1.29, 1.82) is 0 Å². The van der Waals surface area contributed by atoms with E-state index in [1.54, 1.807) is 23.3 Å². The normalized spacial score (nSPS) is 10.2. The first-order chi connectivity index (χ1) is 8.09. The number of aryl methyl sites for hydroxylation is 1. The number of rotatable bonds is 7. The third-order valence-electron chi connectivity index (χ3n) is 2.48. The zero-order valence-electron chi connectivity index (χ0n) is 9.89. The fraction of sp³-hybridized carbons (Fsp3) is 0.500. The van der Waals surface area contributed by atoms with Gasteiger partial charge in [-0.1, -0.05) is 6.07 Å². The second-order valence-electron chi connectivity index (χ2n) is 3.89. The van der Waals surface area contributed by atoms with Gasteiger partial charge in [0.1, 0.15) is 0 Å². The van der Waals surface area contributed by atoms with Crippen molar-refractivity contribution in [3.05, 3.63) is 22.4 Å². The topological polar surface area (TPSA) is 57.6 Å². The Labute approximate surface area is 105 Å². The second-order valence-corrected chi connectivity index (χ2v) is 4.92. The van der Waals surface area contributed by atoms with Crippen LogP contribution in [0.25, 0.3) is 0 Å². The lowest BCUT2D eigenvalue weighted by Crippen LogP contribution is -2.28. The molecular weight excluding hydrogens is 238 g/mol. The summed E-state index contributed by atoms with van der Waals surface area (Å²) in [4.78, 5) is 24.8. The van der Waals surface area contributed by atoms with Gasteiger partial charge in [-0.3, -0.25) is 9.59 Å². The highest BCUT2D eigenvalue weighted by Crippen LogP contribution is 2.11. The second kappa shape index (κ2) is 7.06. The van der Waals surface area contributed by atoms with E-state index >= 15 is 0 Å². The van der Waals surface area contributed by atoms with E-state index in [0.29, 0.717) is 19.4 Å². The van der Waals surface area contributed by atoms with E-state index < -0.39 is 5.97 Å². The number of thiophene rings is 1. The van der Waals surface area contributed by atoms with E-state index in [4.69, 9.17) is 5.11 Å². The number of hydrogen-bond acceptors (Lipinski definition) is 3. The first kappa shape index (κ1) is 13.7. The van der Waals surface area contributed by atoms with Crippen LogP contribution in [0.4, 0.5) is 0 Å². The summed E-state index contributed by atoms with van der Waals surface area (Å²) in [5.74, 6) is -0.742. The molecule has 0 atom stereocenters. The molecule has 0 radical (unpaired) electrons. The molecule has 4 nitrogen and oxygen atoms in total. The highest BCUT2D eigenvalue weighted by atomic mass is 32.1. The summed E-state index contributed by atoms with van der Waals surface area (Å²) in [6.07, 6.45) is 1.88. The average molecular weight is 255 g/mol. The Morgan fingerprint density at radius 3 is 2.76 bits per heavy atom. The van der Waals surface area contributed by atoms with Crippen LogP contribution in [0.2, 0.25) is 0 Å². The predicted octanol–water partition coefficient (Wildman–Crippen LogP) is 2.00. The zero-order valence-corrected chi connectivity index (χ0v) is 10.7. The van der Waals surface area contributed by atoms with Gasteiger partial charge >= 0.3 is 5.97 Å². The summed E-state index contributed by atoms with van der Waals surface area (Å²) < 4.78 is 0. The molecule has 0 aromatic carbocycles. The highest BCUT2D eigenvalue weighted by molar-refractivity contribution is 7.09. The van der Waals surface area contributed by atoms with Crippen LogP contribution in [0, 0.1) is 0 Å². The minimum absolute atomic E-state index is 0.0730. The van der Waals surface area contributed by atoms with Crippen LogP contribution < -0.4 is 0 Å². The van der Waals surface area contributed by atoms with Crippen molar-refractivity contribution in [3.63, 3.8) is 0 Å². The van der Waals surface area contributed by atoms with Crippen molar-refractivity contribution < 1.29 is 14.7 Å². The number of nitrogens with zero attached hydrogens (tertiary/aromatic N) is 1. The van der Waals surface area contributed by atoms with Crippen LogP contribution in [0.15, 0.2) is 17.5 Å². The average Bonchev–Trinajstić information content (AvgIpc) is 2.78. The molecule has 0 aliphatic carbocycles. The van der Waals surface area contributed by atoms with E-state index in [0.717, 1.165) is 6.42 Å². The molecule has 0 aliphatic rings. The monoisotopic (exact) mass is 255 g/mol. The summed E-state index contributed by atoms with van der Waals surface area (Å²) in [5.41, 5.74) is 0. The summed E-state index contributed by atoms with van der Waals surface area (Å²) in [6, 6.07) is 3.99. The van der Waals surface area contributed by atoms with Gasteiger partial charge in [-0.2, -0.15) is 0 Å². The Hall–Kier alpha value is -1.36. The van der Waals surface area contributed by atoms with Gasteiger partial charge in [0.05, 0.1) is 0 Å². The first-order valence-electron chi connectivity index (χ1n) is 5.57. The molecule has 1 aromatic rings. The summed E-state index contributed by atoms with van der Waals surface area (Å²) >= 11 is 1.65. The maximum absolute atomic E-state index is 11.7. The van der Waals surface area contributed by atoms with Crippen LogP contribution in [0.3, 0.4) is 0 Å². The molecule has 0 unspecified atom stereocenters. The third kappa shape index (κ3) is 5.49. The number of carbonyl (C=O) groups excluding carboxylic acids is 1. The molecule has 1 N–H and O–H groups in total. The van der Waals surface area contributed by atoms with E-state index in [-0.39, 0.29) is 12.3 Å². The van der Waals surface area contributed by atoms with Crippen molar-refractivity contribution in [2.75, 3.05) is 13.6 Å². The van der Waals surface area contributed by atoms with Gasteiger partial charge in [0.2, 0.25) is 5.91 Å². The number of carboxylic acid groups (broad SMARTS) is 1. The van der Waals surface area contributed by atoms with Crippen molar-refractivity contribution in [2.45, 2.75) is 25.7 Å².